The van der Waals surface area contributed by atoms with Crippen LogP contribution in [0.3, 0.4) is 0 Å². The molecule has 1 aliphatic heterocycles. The number of aromatic nitrogens is 5. The number of hydrogen-bond donors (Lipinski definition) is 2. The van der Waals surface area contributed by atoms with Crippen LogP contribution in [0.1, 0.15) is 28.9 Å². The number of carbonyl (C=O) groups excluding carboxylic acids is 1. The van der Waals surface area contributed by atoms with Gasteiger partial charge in [-0.1, -0.05) is 6.07 Å². The van der Waals surface area contributed by atoms with Crippen LogP contribution >= 0.6 is 0 Å². The van der Waals surface area contributed by atoms with E-state index in [1.165, 1.54) is 12.3 Å². The van der Waals surface area contributed by atoms with Gasteiger partial charge in [-0.2, -0.15) is 23.3 Å². The second-order valence-corrected chi connectivity index (χ2v) is 8.18. The van der Waals surface area contributed by atoms with E-state index in [0.717, 1.165) is 11.6 Å². The van der Waals surface area contributed by atoms with Gasteiger partial charge in [-0.3, -0.25) is 14.5 Å². The second-order valence-electron chi connectivity index (χ2n) is 8.18. The molecule has 3 aromatic rings. The van der Waals surface area contributed by atoms with Gasteiger partial charge in [0, 0.05) is 51.7 Å². The first-order valence-corrected chi connectivity index (χ1v) is 10.8. The summed E-state index contributed by atoms with van der Waals surface area (Å²) in [6.07, 6.45) is 0.691. The van der Waals surface area contributed by atoms with Crippen molar-refractivity contribution in [2.45, 2.75) is 38.7 Å². The van der Waals surface area contributed by atoms with Crippen LogP contribution in [-0.2, 0) is 28.8 Å². The molecule has 0 unspecified atom stereocenters. The molecular weight excluding hydrogens is 465 g/mol. The standard InChI is InChI=1S/C22H25F3N8O2/c1-13-18-19(32(2)16(6-7-35-3)20(34)30-18)31-21(29-13)27-9-15-10-28-33(12-15)11-14-4-5-17(26-8-14)22(23,24)25/h4-5,8,10,12,16H,6-7,9,11H2,1-3H3,(H,30,34)(H,27,29,31)/t16-/m1/s1. The highest BCUT2D eigenvalue weighted by Crippen LogP contribution is 2.33. The Morgan fingerprint density at radius 1 is 1.20 bits per heavy atom. The fourth-order valence-corrected chi connectivity index (χ4v) is 3.76. The summed E-state index contributed by atoms with van der Waals surface area (Å²) < 4.78 is 44.8. The number of fused-ring (bicyclic) bond motifs is 1. The Labute approximate surface area is 199 Å². The number of methoxy groups -OCH3 is 1. The predicted octanol–water partition coefficient (Wildman–Crippen LogP) is 2.85. The number of amides is 1. The first kappa shape index (κ1) is 24.4. The average Bonchev–Trinajstić information content (AvgIpc) is 3.25. The number of aryl methyl sites for hydroxylation is 1. The third-order valence-electron chi connectivity index (χ3n) is 5.62. The van der Waals surface area contributed by atoms with Crippen LogP contribution in [0.4, 0.5) is 30.6 Å². The van der Waals surface area contributed by atoms with E-state index in [2.05, 4.69) is 30.7 Å². The number of alkyl halides is 3. The quantitative estimate of drug-likeness (QED) is 0.496. The molecule has 0 saturated carbocycles. The molecule has 35 heavy (non-hydrogen) atoms. The Kier molecular flexibility index (Phi) is 6.87. The molecule has 4 heterocycles. The van der Waals surface area contributed by atoms with Crippen molar-refractivity contribution in [1.29, 1.82) is 0 Å². The molecule has 0 aromatic carbocycles. The topological polar surface area (TPSA) is 110 Å². The number of hydrogen-bond acceptors (Lipinski definition) is 8. The normalized spacial score (nSPS) is 15.7. The zero-order valence-corrected chi connectivity index (χ0v) is 19.4. The van der Waals surface area contributed by atoms with Crippen molar-refractivity contribution in [3.05, 3.63) is 53.2 Å². The number of pyridine rings is 1. The molecule has 0 aliphatic carbocycles. The molecule has 1 amide bonds. The van der Waals surface area contributed by atoms with Gasteiger partial charge in [-0.25, -0.2) is 4.98 Å². The fourth-order valence-electron chi connectivity index (χ4n) is 3.76. The first-order chi connectivity index (χ1) is 16.7. The molecule has 1 aliphatic rings. The molecule has 0 radical (unpaired) electrons. The van der Waals surface area contributed by atoms with Crippen molar-refractivity contribution in [3.63, 3.8) is 0 Å². The molecular formula is C22H25F3N8O2. The van der Waals surface area contributed by atoms with Crippen LogP contribution in [0.15, 0.2) is 30.7 Å². The highest BCUT2D eigenvalue weighted by Gasteiger charge is 2.33. The minimum atomic E-state index is -4.47. The lowest BCUT2D eigenvalue weighted by Gasteiger charge is -2.34. The molecule has 186 valence electrons. The van der Waals surface area contributed by atoms with E-state index < -0.39 is 17.9 Å². The van der Waals surface area contributed by atoms with E-state index in [1.54, 1.807) is 31.1 Å². The van der Waals surface area contributed by atoms with Crippen molar-refractivity contribution < 1.29 is 22.7 Å². The first-order valence-electron chi connectivity index (χ1n) is 10.8. The van der Waals surface area contributed by atoms with Gasteiger partial charge < -0.3 is 20.3 Å². The Hall–Kier alpha value is -3.74. The maximum atomic E-state index is 12.7. The van der Waals surface area contributed by atoms with E-state index in [-0.39, 0.29) is 12.5 Å². The monoisotopic (exact) mass is 490 g/mol. The Morgan fingerprint density at radius 3 is 2.69 bits per heavy atom. The lowest BCUT2D eigenvalue weighted by atomic mass is 10.1. The Morgan fingerprint density at radius 2 is 2.00 bits per heavy atom. The van der Waals surface area contributed by atoms with Crippen LogP contribution < -0.4 is 15.5 Å². The molecule has 2 N–H and O–H groups in total. The van der Waals surface area contributed by atoms with Gasteiger partial charge in [0.05, 0.1) is 18.4 Å². The van der Waals surface area contributed by atoms with Gasteiger partial charge in [-0.05, 0) is 18.6 Å². The van der Waals surface area contributed by atoms with E-state index >= 15 is 0 Å². The molecule has 0 fully saturated rings. The molecule has 4 rings (SSSR count). The zero-order chi connectivity index (χ0) is 25.2. The van der Waals surface area contributed by atoms with Crippen LogP contribution in [0.5, 0.6) is 0 Å². The highest BCUT2D eigenvalue weighted by atomic mass is 19.4. The fraction of sp³-hybridized carbons (Fsp3) is 0.409. The number of ether oxygens (including phenoxy) is 1. The van der Waals surface area contributed by atoms with Crippen LogP contribution in [0.25, 0.3) is 0 Å². The summed E-state index contributed by atoms with van der Waals surface area (Å²) in [5.74, 6) is 0.890. The third-order valence-corrected chi connectivity index (χ3v) is 5.62. The zero-order valence-electron chi connectivity index (χ0n) is 19.4. The lowest BCUT2D eigenvalue weighted by Crippen LogP contribution is -2.47. The lowest BCUT2D eigenvalue weighted by molar-refractivity contribution is -0.141. The number of halogens is 3. The predicted molar refractivity (Wildman–Crippen MR) is 122 cm³/mol. The van der Waals surface area contributed by atoms with Crippen molar-refractivity contribution >= 4 is 23.4 Å². The number of carbonyl (C=O) groups is 1. The summed E-state index contributed by atoms with van der Waals surface area (Å²) in [5.41, 5.74) is 1.72. The molecule has 1 atom stereocenters. The van der Waals surface area contributed by atoms with E-state index in [0.29, 0.717) is 48.3 Å². The summed E-state index contributed by atoms with van der Waals surface area (Å²) in [7, 11) is 3.40. The summed E-state index contributed by atoms with van der Waals surface area (Å²) in [4.78, 5) is 26.8. The molecule has 3 aromatic heterocycles. The van der Waals surface area contributed by atoms with Gasteiger partial charge in [0.2, 0.25) is 11.9 Å². The van der Waals surface area contributed by atoms with Crippen LogP contribution in [0, 0.1) is 6.92 Å². The van der Waals surface area contributed by atoms with Gasteiger partial charge in [0.15, 0.2) is 5.82 Å². The molecule has 0 saturated heterocycles. The van der Waals surface area contributed by atoms with Crippen LogP contribution in [-0.4, -0.2) is 57.4 Å². The van der Waals surface area contributed by atoms with Gasteiger partial charge in [-0.15, -0.1) is 0 Å². The Balaban J connectivity index is 1.41. The molecule has 10 nitrogen and oxygen atoms in total. The number of nitrogens with one attached hydrogen (secondary N) is 2. The molecule has 0 spiro atoms. The molecule has 13 heteroatoms. The summed E-state index contributed by atoms with van der Waals surface area (Å²) >= 11 is 0. The van der Waals surface area contributed by atoms with Gasteiger partial charge in [0.1, 0.15) is 17.4 Å². The van der Waals surface area contributed by atoms with E-state index in [1.807, 2.05) is 11.9 Å². The van der Waals surface area contributed by atoms with Crippen molar-refractivity contribution in [3.8, 4) is 0 Å². The molecule has 0 bridgehead atoms. The van der Waals surface area contributed by atoms with Gasteiger partial charge in [0.25, 0.3) is 0 Å². The van der Waals surface area contributed by atoms with Crippen molar-refractivity contribution in [1.82, 2.24) is 24.7 Å². The number of nitrogens with zero attached hydrogens (tertiary/aromatic N) is 6. The summed E-state index contributed by atoms with van der Waals surface area (Å²) in [5, 5.41) is 10.3. The van der Waals surface area contributed by atoms with E-state index in [4.69, 9.17) is 4.74 Å². The largest absolute Gasteiger partial charge is 0.433 e. The second kappa shape index (κ2) is 9.86. The minimum Gasteiger partial charge on any atom is -0.385 e. The SMILES string of the molecule is COCC[C@@H]1C(=O)Nc2c(C)nc(NCc3cnn(Cc4ccc(C(F)(F)F)nc4)c3)nc2N1C. The maximum Gasteiger partial charge on any atom is 0.433 e. The Bertz CT molecular complexity index is 1200. The van der Waals surface area contributed by atoms with Crippen LogP contribution in [0.2, 0.25) is 0 Å². The highest BCUT2D eigenvalue weighted by molar-refractivity contribution is 6.03. The summed E-state index contributed by atoms with van der Waals surface area (Å²) in [6, 6.07) is 1.94. The maximum absolute atomic E-state index is 12.7. The van der Waals surface area contributed by atoms with Crippen molar-refractivity contribution in [2.24, 2.45) is 0 Å². The van der Waals surface area contributed by atoms with Gasteiger partial charge >= 0.3 is 6.18 Å². The average molecular weight is 490 g/mol. The third kappa shape index (κ3) is 5.50. The smallest absolute Gasteiger partial charge is 0.385 e. The van der Waals surface area contributed by atoms with Crippen molar-refractivity contribution in [2.75, 3.05) is 36.3 Å². The number of likely N-dealkylation sites (N-methyl/N-ethyl adjacent to an activating group) is 1. The van der Waals surface area contributed by atoms with E-state index in [9.17, 15) is 18.0 Å². The minimum absolute atomic E-state index is 0.125. The number of rotatable bonds is 8. The number of anilines is 3. The summed E-state index contributed by atoms with van der Waals surface area (Å²) in [6.45, 7) is 2.91.